The van der Waals surface area contributed by atoms with E-state index in [1.54, 1.807) is 11.0 Å². The van der Waals surface area contributed by atoms with Gasteiger partial charge < -0.3 is 20.1 Å². The molecule has 152 valence electrons. The highest BCUT2D eigenvalue weighted by Crippen LogP contribution is 2.23. The van der Waals surface area contributed by atoms with Gasteiger partial charge in [0.15, 0.2) is 5.96 Å². The molecule has 1 fully saturated rings. The molecule has 1 unspecified atom stereocenters. The quantitative estimate of drug-likeness (QED) is 0.533. The van der Waals surface area contributed by atoms with Crippen molar-refractivity contribution in [3.05, 3.63) is 41.5 Å². The Labute approximate surface area is 166 Å². The van der Waals surface area contributed by atoms with Gasteiger partial charge in [-0.2, -0.15) is 5.10 Å². The van der Waals surface area contributed by atoms with Crippen LogP contribution >= 0.6 is 0 Å². The molecule has 1 aromatic heterocycles. The maximum Gasteiger partial charge on any atom is 0.191 e. The first-order chi connectivity index (χ1) is 13.7. The summed E-state index contributed by atoms with van der Waals surface area (Å²) in [6.45, 7) is 7.39. The molecule has 1 atom stereocenters. The van der Waals surface area contributed by atoms with E-state index in [1.165, 1.54) is 5.56 Å². The first-order valence-corrected chi connectivity index (χ1v) is 9.84. The van der Waals surface area contributed by atoms with E-state index in [0.717, 1.165) is 49.1 Å². The minimum Gasteiger partial charge on any atom is -0.491 e. The van der Waals surface area contributed by atoms with Crippen molar-refractivity contribution in [1.29, 1.82) is 0 Å². The van der Waals surface area contributed by atoms with E-state index in [9.17, 15) is 0 Å². The number of nitrogens with zero attached hydrogens (tertiary/aromatic N) is 4. The molecule has 1 aromatic carbocycles. The third-order valence-electron chi connectivity index (χ3n) is 4.64. The van der Waals surface area contributed by atoms with Gasteiger partial charge in [-0.25, -0.2) is 9.98 Å². The molecule has 0 radical (unpaired) electrons. The predicted molar refractivity (Wildman–Crippen MR) is 108 cm³/mol. The largest absolute Gasteiger partial charge is 0.491 e. The second kappa shape index (κ2) is 10.1. The van der Waals surface area contributed by atoms with Crippen molar-refractivity contribution in [2.45, 2.75) is 45.9 Å². The Morgan fingerprint density at radius 3 is 3.00 bits per heavy atom. The summed E-state index contributed by atoms with van der Waals surface area (Å²) < 4.78 is 13.5. The molecule has 2 aromatic rings. The zero-order valence-corrected chi connectivity index (χ0v) is 16.9. The first-order valence-electron chi connectivity index (χ1n) is 9.84. The fourth-order valence-electron chi connectivity index (χ4n) is 3.03. The Morgan fingerprint density at radius 1 is 1.39 bits per heavy atom. The third kappa shape index (κ3) is 5.69. The van der Waals surface area contributed by atoms with Gasteiger partial charge in [-0.1, -0.05) is 12.1 Å². The molecule has 3 rings (SSSR count). The molecule has 1 aliphatic rings. The van der Waals surface area contributed by atoms with Crippen LogP contribution in [0.2, 0.25) is 0 Å². The average molecular weight is 387 g/mol. The number of rotatable bonds is 8. The van der Waals surface area contributed by atoms with Gasteiger partial charge >= 0.3 is 0 Å². The lowest BCUT2D eigenvalue weighted by molar-refractivity contribution is 0.0676. The molecule has 0 amide bonds. The SMILES string of the molecule is CCNC(=NCc1ccc(C)cc1OCC1CCCO1)NCc1ncnn1C. The molecule has 0 spiro atoms. The predicted octanol–water partition coefficient (Wildman–Crippen LogP) is 1.94. The molecule has 8 nitrogen and oxygen atoms in total. The number of hydrogen-bond donors (Lipinski definition) is 2. The van der Waals surface area contributed by atoms with Crippen molar-refractivity contribution >= 4 is 5.96 Å². The summed E-state index contributed by atoms with van der Waals surface area (Å²) in [5.41, 5.74) is 2.22. The van der Waals surface area contributed by atoms with E-state index < -0.39 is 0 Å². The lowest BCUT2D eigenvalue weighted by atomic mass is 10.1. The van der Waals surface area contributed by atoms with E-state index in [-0.39, 0.29) is 6.10 Å². The molecule has 1 saturated heterocycles. The smallest absolute Gasteiger partial charge is 0.191 e. The summed E-state index contributed by atoms with van der Waals surface area (Å²) in [5.74, 6) is 2.46. The van der Waals surface area contributed by atoms with Crippen LogP contribution in [0.25, 0.3) is 0 Å². The van der Waals surface area contributed by atoms with Crippen LogP contribution in [0.5, 0.6) is 5.75 Å². The summed E-state index contributed by atoms with van der Waals surface area (Å²) in [6.07, 6.45) is 3.92. The second-order valence-corrected chi connectivity index (χ2v) is 6.91. The Bertz CT molecular complexity index is 783. The van der Waals surface area contributed by atoms with E-state index in [4.69, 9.17) is 14.5 Å². The highest BCUT2D eigenvalue weighted by atomic mass is 16.5. The highest BCUT2D eigenvalue weighted by Gasteiger charge is 2.17. The summed E-state index contributed by atoms with van der Waals surface area (Å²) in [4.78, 5) is 8.94. The summed E-state index contributed by atoms with van der Waals surface area (Å²) >= 11 is 0. The van der Waals surface area contributed by atoms with Crippen LogP contribution in [-0.2, 0) is 24.9 Å². The van der Waals surface area contributed by atoms with E-state index >= 15 is 0 Å². The fourth-order valence-corrected chi connectivity index (χ4v) is 3.03. The zero-order valence-electron chi connectivity index (χ0n) is 16.9. The van der Waals surface area contributed by atoms with Crippen LogP contribution in [0.3, 0.4) is 0 Å². The van der Waals surface area contributed by atoms with Gasteiger partial charge in [-0.15, -0.1) is 0 Å². The van der Waals surface area contributed by atoms with Crippen molar-refractivity contribution in [1.82, 2.24) is 25.4 Å². The van der Waals surface area contributed by atoms with Gasteiger partial charge in [-0.3, -0.25) is 4.68 Å². The van der Waals surface area contributed by atoms with E-state index in [2.05, 4.69) is 45.8 Å². The van der Waals surface area contributed by atoms with Crippen molar-refractivity contribution < 1.29 is 9.47 Å². The molecule has 8 heteroatoms. The van der Waals surface area contributed by atoms with Crippen molar-refractivity contribution in [2.24, 2.45) is 12.0 Å². The van der Waals surface area contributed by atoms with Crippen molar-refractivity contribution in [3.63, 3.8) is 0 Å². The number of ether oxygens (including phenoxy) is 2. The number of guanidine groups is 1. The number of aliphatic imine (C=N–C) groups is 1. The normalized spacial score (nSPS) is 17.0. The molecule has 0 saturated carbocycles. The van der Waals surface area contributed by atoms with Gasteiger partial charge in [0, 0.05) is 25.8 Å². The number of aromatic nitrogens is 3. The van der Waals surface area contributed by atoms with Crippen molar-refractivity contribution in [2.75, 3.05) is 19.8 Å². The average Bonchev–Trinajstić information content (AvgIpc) is 3.35. The first kappa shape index (κ1) is 20.1. The Morgan fingerprint density at radius 2 is 2.29 bits per heavy atom. The van der Waals surface area contributed by atoms with Gasteiger partial charge in [0.1, 0.15) is 24.5 Å². The molecule has 28 heavy (non-hydrogen) atoms. The number of aryl methyl sites for hydroxylation is 2. The minimum absolute atomic E-state index is 0.197. The topological polar surface area (TPSA) is 85.6 Å². The van der Waals surface area contributed by atoms with Gasteiger partial charge in [-0.05, 0) is 38.3 Å². The van der Waals surface area contributed by atoms with E-state index in [1.807, 2.05) is 14.0 Å². The Hall–Kier alpha value is -2.61. The third-order valence-corrected chi connectivity index (χ3v) is 4.64. The lowest BCUT2D eigenvalue weighted by Gasteiger charge is -2.15. The molecule has 1 aliphatic heterocycles. The van der Waals surface area contributed by atoms with Crippen molar-refractivity contribution in [3.8, 4) is 5.75 Å². The fraction of sp³-hybridized carbons (Fsp3) is 0.550. The van der Waals surface area contributed by atoms with Gasteiger partial charge in [0.25, 0.3) is 0 Å². The zero-order chi connectivity index (χ0) is 19.8. The van der Waals surface area contributed by atoms with E-state index in [0.29, 0.717) is 19.7 Å². The molecular formula is C20H30N6O2. The standard InChI is InChI=1S/C20H30N6O2/c1-4-21-20(23-12-19-24-14-25-26(19)3)22-11-16-8-7-15(2)10-18(16)28-13-17-6-5-9-27-17/h7-8,10,14,17H,4-6,9,11-13H2,1-3H3,(H2,21,22,23). The number of hydrogen-bond acceptors (Lipinski definition) is 5. The second-order valence-electron chi connectivity index (χ2n) is 6.91. The van der Waals surface area contributed by atoms with Gasteiger partial charge in [0.2, 0.25) is 0 Å². The molecule has 2 heterocycles. The monoisotopic (exact) mass is 386 g/mol. The molecule has 0 bridgehead atoms. The van der Waals surface area contributed by atoms with Crippen LogP contribution in [0, 0.1) is 6.92 Å². The number of nitrogens with one attached hydrogen (secondary N) is 2. The van der Waals surface area contributed by atoms with Crippen LogP contribution in [0.1, 0.15) is 36.7 Å². The minimum atomic E-state index is 0.197. The van der Waals surface area contributed by atoms with Crippen LogP contribution in [-0.4, -0.2) is 46.6 Å². The maximum absolute atomic E-state index is 6.07. The molecule has 2 N–H and O–H groups in total. The summed E-state index contributed by atoms with van der Waals surface area (Å²) in [6, 6.07) is 6.24. The molecule has 0 aliphatic carbocycles. The van der Waals surface area contributed by atoms with Gasteiger partial charge in [0.05, 0.1) is 19.2 Å². The Balaban J connectivity index is 1.64. The van der Waals surface area contributed by atoms with Crippen LogP contribution in [0.4, 0.5) is 0 Å². The lowest BCUT2D eigenvalue weighted by Crippen LogP contribution is -2.37. The Kier molecular flexibility index (Phi) is 7.25. The maximum atomic E-state index is 6.07. The van der Waals surface area contributed by atoms with Crippen LogP contribution < -0.4 is 15.4 Å². The molecular weight excluding hydrogens is 356 g/mol. The van der Waals surface area contributed by atoms with Crippen LogP contribution in [0.15, 0.2) is 29.5 Å². The highest BCUT2D eigenvalue weighted by molar-refractivity contribution is 5.79. The number of benzene rings is 1. The summed E-state index contributed by atoms with van der Waals surface area (Å²) in [5, 5.41) is 10.6. The summed E-state index contributed by atoms with van der Waals surface area (Å²) in [7, 11) is 1.87.